The Morgan fingerprint density at radius 1 is 1.11 bits per heavy atom. The summed E-state index contributed by atoms with van der Waals surface area (Å²) in [5.74, 6) is -1.53. The first-order valence-corrected chi connectivity index (χ1v) is 9.09. The number of hydrogen-bond donors (Lipinski definition) is 0. The average molecular weight is 397 g/mol. The topological polar surface area (TPSA) is 93.9 Å². The van der Waals surface area contributed by atoms with E-state index in [9.17, 15) is 19.5 Å². The maximum atomic E-state index is 12.6. The Hall–Kier alpha value is -3.26. The number of likely N-dealkylation sites (N-methyl/N-ethyl adjacent to an activating group) is 2. The molecule has 1 fully saturated rings. The van der Waals surface area contributed by atoms with E-state index in [1.54, 1.807) is 38.1 Å². The maximum Gasteiger partial charge on any atom is 0.265 e. The fraction of sp³-hybridized carbons (Fsp3) is 0.200. The lowest BCUT2D eigenvalue weighted by atomic mass is 10.1. The molecule has 1 aliphatic rings. The van der Waals surface area contributed by atoms with Gasteiger partial charge in [0, 0.05) is 18.7 Å². The molecule has 1 saturated heterocycles. The summed E-state index contributed by atoms with van der Waals surface area (Å²) in [4.78, 5) is 39.0. The van der Waals surface area contributed by atoms with E-state index in [1.165, 1.54) is 28.0 Å². The fourth-order valence-electron chi connectivity index (χ4n) is 2.91. The van der Waals surface area contributed by atoms with Gasteiger partial charge in [0.05, 0.1) is 5.97 Å². The molecule has 0 spiro atoms. The lowest BCUT2D eigenvalue weighted by molar-refractivity contribution is -0.255. The van der Waals surface area contributed by atoms with Crippen molar-refractivity contribution < 1.29 is 23.9 Å². The van der Waals surface area contributed by atoms with Crippen LogP contribution in [0, 0.1) is 0 Å². The van der Waals surface area contributed by atoms with E-state index < -0.39 is 17.8 Å². The van der Waals surface area contributed by atoms with E-state index >= 15 is 0 Å². The molecule has 8 heteroatoms. The molecule has 3 rings (SSSR count). The van der Waals surface area contributed by atoms with Gasteiger partial charge in [0.1, 0.15) is 17.1 Å². The van der Waals surface area contributed by atoms with Crippen molar-refractivity contribution in [1.82, 2.24) is 9.80 Å². The molecule has 1 aromatic heterocycles. The molecule has 2 heterocycles. The third-order valence-electron chi connectivity index (χ3n) is 4.34. The minimum absolute atomic E-state index is 0.0251. The lowest BCUT2D eigenvalue weighted by Gasteiger charge is -2.35. The SMILES string of the molecule is CCN1C(=O)C(=Cc2ccc(-c3cccc(C(=O)[O-])c3)o2)C(=O)N(CC)C1=S. The van der Waals surface area contributed by atoms with E-state index in [0.717, 1.165) is 0 Å². The third-order valence-corrected chi connectivity index (χ3v) is 4.78. The molecular weight excluding hydrogens is 380 g/mol. The van der Waals surface area contributed by atoms with Crippen molar-refractivity contribution in [3.63, 3.8) is 0 Å². The first-order valence-electron chi connectivity index (χ1n) is 8.68. The highest BCUT2D eigenvalue weighted by Gasteiger charge is 2.38. The molecule has 0 radical (unpaired) electrons. The highest BCUT2D eigenvalue weighted by Crippen LogP contribution is 2.26. The molecule has 0 unspecified atom stereocenters. The number of carboxylic acids is 1. The molecule has 0 saturated carbocycles. The largest absolute Gasteiger partial charge is 0.545 e. The second-order valence-corrected chi connectivity index (χ2v) is 6.37. The zero-order chi connectivity index (χ0) is 20.4. The molecule has 1 aliphatic heterocycles. The second kappa shape index (κ2) is 7.77. The van der Waals surface area contributed by atoms with Crippen LogP contribution < -0.4 is 5.11 Å². The molecule has 0 N–H and O–H groups in total. The van der Waals surface area contributed by atoms with Gasteiger partial charge in [-0.05, 0) is 55.9 Å². The van der Waals surface area contributed by atoms with Crippen molar-refractivity contribution in [3.8, 4) is 11.3 Å². The van der Waals surface area contributed by atoms with Crippen LogP contribution in [-0.2, 0) is 9.59 Å². The summed E-state index contributed by atoms with van der Waals surface area (Å²) in [5, 5.41) is 11.2. The van der Waals surface area contributed by atoms with Crippen molar-refractivity contribution in [3.05, 3.63) is 53.3 Å². The summed E-state index contributed by atoms with van der Waals surface area (Å²) in [6.45, 7) is 4.25. The quantitative estimate of drug-likeness (QED) is 0.433. The number of carbonyl (C=O) groups excluding carboxylic acids is 3. The van der Waals surface area contributed by atoms with Gasteiger partial charge in [0.2, 0.25) is 0 Å². The molecule has 7 nitrogen and oxygen atoms in total. The van der Waals surface area contributed by atoms with Crippen LogP contribution in [0.15, 0.2) is 46.4 Å². The van der Waals surface area contributed by atoms with Crippen molar-refractivity contribution in [1.29, 1.82) is 0 Å². The minimum Gasteiger partial charge on any atom is -0.545 e. The third kappa shape index (κ3) is 3.46. The van der Waals surface area contributed by atoms with Crippen molar-refractivity contribution in [2.75, 3.05) is 13.1 Å². The number of amides is 2. The highest BCUT2D eigenvalue weighted by atomic mass is 32.1. The number of aromatic carboxylic acids is 1. The smallest absolute Gasteiger partial charge is 0.265 e. The standard InChI is InChI=1S/C20H18N2O5S/c1-3-21-17(23)15(18(24)22(4-2)20(21)28)11-14-8-9-16(27-14)12-6-5-7-13(10-12)19(25)26/h5-11H,3-4H2,1-2H3,(H,25,26)/p-1. The van der Waals surface area contributed by atoms with E-state index in [1.807, 2.05) is 0 Å². The highest BCUT2D eigenvalue weighted by molar-refractivity contribution is 7.80. The molecule has 0 aliphatic carbocycles. The normalized spacial score (nSPS) is 14.6. The van der Waals surface area contributed by atoms with Gasteiger partial charge in [0.15, 0.2) is 5.11 Å². The Labute approximate surface area is 166 Å². The Morgan fingerprint density at radius 3 is 2.32 bits per heavy atom. The summed E-state index contributed by atoms with van der Waals surface area (Å²) >= 11 is 5.23. The van der Waals surface area contributed by atoms with Crippen LogP contribution in [0.25, 0.3) is 17.4 Å². The molecule has 1 aromatic carbocycles. The number of carboxylic acid groups (broad SMARTS) is 1. The Balaban J connectivity index is 1.96. The molecular formula is C20H17N2O5S-. The summed E-state index contributed by atoms with van der Waals surface area (Å²) < 4.78 is 5.70. The second-order valence-electron chi connectivity index (χ2n) is 6.01. The van der Waals surface area contributed by atoms with Crippen LogP contribution in [0.1, 0.15) is 30.0 Å². The molecule has 28 heavy (non-hydrogen) atoms. The minimum atomic E-state index is -1.29. The van der Waals surface area contributed by atoms with Crippen LogP contribution in [0.2, 0.25) is 0 Å². The molecule has 2 amide bonds. The predicted molar refractivity (Wildman–Crippen MR) is 104 cm³/mol. The number of furan rings is 1. The van der Waals surface area contributed by atoms with Crippen LogP contribution in [-0.4, -0.2) is 45.8 Å². The first-order chi connectivity index (χ1) is 13.4. The van der Waals surface area contributed by atoms with Crippen LogP contribution in [0.4, 0.5) is 0 Å². The Morgan fingerprint density at radius 2 is 1.75 bits per heavy atom. The van der Waals surface area contributed by atoms with Gasteiger partial charge in [0.25, 0.3) is 11.8 Å². The van der Waals surface area contributed by atoms with Gasteiger partial charge in [-0.1, -0.05) is 18.2 Å². The van der Waals surface area contributed by atoms with Crippen molar-refractivity contribution in [2.24, 2.45) is 0 Å². The predicted octanol–water partition coefficient (Wildman–Crippen LogP) is 1.69. The average Bonchev–Trinajstić information content (AvgIpc) is 3.15. The molecule has 0 bridgehead atoms. The number of carbonyl (C=O) groups is 3. The number of rotatable bonds is 5. The van der Waals surface area contributed by atoms with Crippen LogP contribution in [0.3, 0.4) is 0 Å². The first kappa shape index (κ1) is 19.5. The number of hydrogen-bond acceptors (Lipinski definition) is 6. The van der Waals surface area contributed by atoms with Gasteiger partial charge in [-0.25, -0.2) is 0 Å². The fourth-order valence-corrected chi connectivity index (χ4v) is 3.33. The van der Waals surface area contributed by atoms with E-state index in [4.69, 9.17) is 16.6 Å². The van der Waals surface area contributed by atoms with Crippen LogP contribution in [0.5, 0.6) is 0 Å². The zero-order valence-electron chi connectivity index (χ0n) is 15.3. The van der Waals surface area contributed by atoms with E-state index in [2.05, 4.69) is 0 Å². The lowest BCUT2D eigenvalue weighted by Crippen LogP contribution is -2.55. The summed E-state index contributed by atoms with van der Waals surface area (Å²) in [6, 6.07) is 9.36. The number of benzene rings is 1. The molecule has 0 atom stereocenters. The zero-order valence-corrected chi connectivity index (χ0v) is 16.1. The number of nitrogens with zero attached hydrogens (tertiary/aromatic N) is 2. The van der Waals surface area contributed by atoms with Gasteiger partial charge < -0.3 is 14.3 Å². The summed E-state index contributed by atoms with van der Waals surface area (Å²) in [7, 11) is 0. The van der Waals surface area contributed by atoms with Crippen molar-refractivity contribution >= 4 is 41.2 Å². The van der Waals surface area contributed by atoms with E-state index in [0.29, 0.717) is 30.2 Å². The van der Waals surface area contributed by atoms with Gasteiger partial charge in [-0.2, -0.15) is 0 Å². The molecule has 144 valence electrons. The van der Waals surface area contributed by atoms with E-state index in [-0.39, 0.29) is 16.2 Å². The number of thiocarbonyl (C=S) groups is 1. The Bertz CT molecular complexity index is 980. The van der Waals surface area contributed by atoms with Gasteiger partial charge in [-0.15, -0.1) is 0 Å². The van der Waals surface area contributed by atoms with Gasteiger partial charge in [-0.3, -0.25) is 19.4 Å². The molecule has 2 aromatic rings. The summed E-state index contributed by atoms with van der Waals surface area (Å²) in [6.07, 6.45) is 1.38. The monoisotopic (exact) mass is 397 g/mol. The van der Waals surface area contributed by atoms with Crippen LogP contribution >= 0.6 is 12.2 Å². The Kier molecular flexibility index (Phi) is 5.41. The summed E-state index contributed by atoms with van der Waals surface area (Å²) in [5.41, 5.74) is 0.526. The van der Waals surface area contributed by atoms with Crippen molar-refractivity contribution in [2.45, 2.75) is 13.8 Å². The van der Waals surface area contributed by atoms with Gasteiger partial charge >= 0.3 is 0 Å². The maximum absolute atomic E-state index is 12.6.